The van der Waals surface area contributed by atoms with E-state index in [9.17, 15) is 4.79 Å². The summed E-state index contributed by atoms with van der Waals surface area (Å²) in [7, 11) is 0. The van der Waals surface area contributed by atoms with Crippen molar-refractivity contribution >= 4 is 18.3 Å². The zero-order valence-corrected chi connectivity index (χ0v) is 16.5. The molecule has 2 aromatic rings. The Morgan fingerprint density at radius 2 is 1.96 bits per heavy atom. The topological polar surface area (TPSA) is 45.2 Å². The Labute approximate surface area is 167 Å². The first kappa shape index (κ1) is 19.8. The monoisotopic (exact) mass is 385 g/mol. The molecule has 1 saturated heterocycles. The van der Waals surface area contributed by atoms with Gasteiger partial charge in [0, 0.05) is 17.8 Å². The number of hydrogen-bond donors (Lipinski definition) is 1. The predicted octanol–water partition coefficient (Wildman–Crippen LogP) is 3.78. The second-order valence-corrected chi connectivity index (χ2v) is 7.43. The molecule has 1 fully saturated rings. The SMILES string of the molecule is Cl.O=C(c1ccc2c(c1)CCC2)N(Cc1ccccn1)C1CCCNCC1. The van der Waals surface area contributed by atoms with Crippen molar-refractivity contribution < 1.29 is 4.79 Å². The number of aromatic nitrogens is 1. The first-order valence-electron chi connectivity index (χ1n) is 9.84. The Hall–Kier alpha value is -1.91. The second kappa shape index (κ2) is 9.34. The summed E-state index contributed by atoms with van der Waals surface area (Å²) in [6, 6.07) is 12.5. The molecule has 1 aliphatic carbocycles. The van der Waals surface area contributed by atoms with E-state index in [-0.39, 0.29) is 24.4 Å². The van der Waals surface area contributed by atoms with Crippen LogP contribution in [-0.4, -0.2) is 34.9 Å². The molecule has 2 aliphatic rings. The van der Waals surface area contributed by atoms with Gasteiger partial charge in [-0.15, -0.1) is 12.4 Å². The Bertz CT molecular complexity index is 757. The van der Waals surface area contributed by atoms with Gasteiger partial charge < -0.3 is 10.2 Å². The van der Waals surface area contributed by atoms with E-state index >= 15 is 0 Å². The van der Waals surface area contributed by atoms with Crippen LogP contribution in [0.5, 0.6) is 0 Å². The molecule has 0 spiro atoms. The van der Waals surface area contributed by atoms with Crippen molar-refractivity contribution in [1.29, 1.82) is 0 Å². The third-order valence-corrected chi connectivity index (χ3v) is 5.65. The van der Waals surface area contributed by atoms with Crippen molar-refractivity contribution in [1.82, 2.24) is 15.2 Å². The maximum Gasteiger partial charge on any atom is 0.254 e. The van der Waals surface area contributed by atoms with E-state index in [2.05, 4.69) is 27.3 Å². The standard InChI is InChI=1S/C22H27N3O.ClH/c26-22(19-10-9-17-5-3-6-18(17)15-19)25(16-20-7-1-2-13-24-20)21-8-4-12-23-14-11-21;/h1-2,7,9-10,13,15,21,23H,3-6,8,11-12,14,16H2;1H. The molecule has 4 rings (SSSR count). The van der Waals surface area contributed by atoms with E-state index in [4.69, 9.17) is 0 Å². The van der Waals surface area contributed by atoms with E-state index in [0.717, 1.165) is 56.5 Å². The minimum Gasteiger partial charge on any atom is -0.330 e. The van der Waals surface area contributed by atoms with E-state index in [1.807, 2.05) is 30.5 Å². The van der Waals surface area contributed by atoms with Gasteiger partial charge in [-0.25, -0.2) is 0 Å². The van der Waals surface area contributed by atoms with Crippen LogP contribution in [0.3, 0.4) is 0 Å². The number of halogens is 1. The highest BCUT2D eigenvalue weighted by atomic mass is 35.5. The molecule has 0 bridgehead atoms. The molecule has 1 aliphatic heterocycles. The normalized spacial score (nSPS) is 18.9. The molecule has 5 heteroatoms. The Morgan fingerprint density at radius 3 is 2.81 bits per heavy atom. The number of rotatable bonds is 4. The van der Waals surface area contributed by atoms with Crippen LogP contribution in [0.4, 0.5) is 0 Å². The third-order valence-electron chi connectivity index (χ3n) is 5.65. The number of hydrogen-bond acceptors (Lipinski definition) is 3. The molecule has 1 unspecified atom stereocenters. The number of carbonyl (C=O) groups is 1. The fraction of sp³-hybridized carbons (Fsp3) is 0.455. The van der Waals surface area contributed by atoms with Gasteiger partial charge in [-0.2, -0.15) is 0 Å². The van der Waals surface area contributed by atoms with E-state index < -0.39 is 0 Å². The molecular formula is C22H28ClN3O. The quantitative estimate of drug-likeness (QED) is 0.871. The third kappa shape index (κ3) is 4.69. The fourth-order valence-corrected chi connectivity index (χ4v) is 4.22. The van der Waals surface area contributed by atoms with Crippen LogP contribution in [0.1, 0.15) is 52.9 Å². The van der Waals surface area contributed by atoms with Crippen LogP contribution >= 0.6 is 12.4 Å². The highest BCUT2D eigenvalue weighted by Crippen LogP contribution is 2.25. The van der Waals surface area contributed by atoms with Gasteiger partial charge in [0.15, 0.2) is 0 Å². The number of nitrogens with zero attached hydrogens (tertiary/aromatic N) is 2. The molecule has 0 saturated carbocycles. The zero-order valence-electron chi connectivity index (χ0n) is 15.7. The van der Waals surface area contributed by atoms with Crippen molar-refractivity contribution in [2.24, 2.45) is 0 Å². The lowest BCUT2D eigenvalue weighted by Gasteiger charge is -2.31. The van der Waals surface area contributed by atoms with Gasteiger partial charge in [0.25, 0.3) is 5.91 Å². The molecule has 1 N–H and O–H groups in total. The van der Waals surface area contributed by atoms with Crippen molar-refractivity contribution in [2.45, 2.75) is 51.1 Å². The number of pyridine rings is 1. The molecule has 27 heavy (non-hydrogen) atoms. The maximum atomic E-state index is 13.4. The molecular weight excluding hydrogens is 358 g/mol. The predicted molar refractivity (Wildman–Crippen MR) is 110 cm³/mol. The van der Waals surface area contributed by atoms with Gasteiger partial charge in [-0.1, -0.05) is 12.1 Å². The minimum absolute atomic E-state index is 0. The van der Waals surface area contributed by atoms with Gasteiger partial charge in [0.1, 0.15) is 0 Å². The number of amides is 1. The smallest absolute Gasteiger partial charge is 0.254 e. The number of nitrogens with one attached hydrogen (secondary N) is 1. The molecule has 1 amide bonds. The van der Waals surface area contributed by atoms with Crippen molar-refractivity contribution in [3.05, 3.63) is 65.0 Å². The summed E-state index contributed by atoms with van der Waals surface area (Å²) in [5.74, 6) is 0.150. The van der Waals surface area contributed by atoms with Crippen molar-refractivity contribution in [3.8, 4) is 0 Å². The lowest BCUT2D eigenvalue weighted by molar-refractivity contribution is 0.0642. The van der Waals surface area contributed by atoms with E-state index in [1.165, 1.54) is 17.5 Å². The van der Waals surface area contributed by atoms with Gasteiger partial charge in [0.2, 0.25) is 0 Å². The number of benzene rings is 1. The number of carbonyl (C=O) groups excluding carboxylic acids is 1. The molecule has 1 aromatic carbocycles. The highest BCUT2D eigenvalue weighted by molar-refractivity contribution is 5.94. The first-order chi connectivity index (χ1) is 12.8. The average Bonchev–Trinajstić information content (AvgIpc) is 2.99. The summed E-state index contributed by atoms with van der Waals surface area (Å²) in [6.45, 7) is 2.60. The van der Waals surface area contributed by atoms with Gasteiger partial charge in [0.05, 0.1) is 12.2 Å². The first-order valence-corrected chi connectivity index (χ1v) is 9.84. The van der Waals surface area contributed by atoms with Gasteiger partial charge in [-0.05, 0) is 87.0 Å². The molecule has 0 radical (unpaired) electrons. The van der Waals surface area contributed by atoms with Crippen LogP contribution < -0.4 is 5.32 Å². The van der Waals surface area contributed by atoms with Crippen LogP contribution in [0.2, 0.25) is 0 Å². The van der Waals surface area contributed by atoms with Crippen LogP contribution in [-0.2, 0) is 19.4 Å². The van der Waals surface area contributed by atoms with Crippen LogP contribution in [0, 0.1) is 0 Å². The summed E-state index contributed by atoms with van der Waals surface area (Å²) in [5.41, 5.74) is 4.56. The molecule has 2 heterocycles. The van der Waals surface area contributed by atoms with Gasteiger partial charge in [-0.3, -0.25) is 9.78 Å². The maximum absolute atomic E-state index is 13.4. The zero-order chi connectivity index (χ0) is 17.8. The second-order valence-electron chi connectivity index (χ2n) is 7.43. The average molecular weight is 386 g/mol. The summed E-state index contributed by atoms with van der Waals surface area (Å²) < 4.78 is 0. The molecule has 4 nitrogen and oxygen atoms in total. The van der Waals surface area contributed by atoms with Gasteiger partial charge >= 0.3 is 0 Å². The molecule has 1 aromatic heterocycles. The summed E-state index contributed by atoms with van der Waals surface area (Å²) in [4.78, 5) is 20.0. The van der Waals surface area contributed by atoms with Crippen LogP contribution in [0.15, 0.2) is 42.6 Å². The number of fused-ring (bicyclic) bond motifs is 1. The lowest BCUT2D eigenvalue weighted by Crippen LogP contribution is -2.40. The minimum atomic E-state index is 0. The molecule has 1 atom stereocenters. The number of aryl methyl sites for hydroxylation is 2. The fourth-order valence-electron chi connectivity index (χ4n) is 4.22. The Kier molecular flexibility index (Phi) is 6.86. The summed E-state index contributed by atoms with van der Waals surface area (Å²) >= 11 is 0. The molecule has 144 valence electrons. The Balaban J connectivity index is 0.00000210. The van der Waals surface area contributed by atoms with Crippen LogP contribution in [0.25, 0.3) is 0 Å². The largest absolute Gasteiger partial charge is 0.330 e. The lowest BCUT2D eigenvalue weighted by atomic mass is 10.0. The van der Waals surface area contributed by atoms with Crippen molar-refractivity contribution in [3.63, 3.8) is 0 Å². The van der Waals surface area contributed by atoms with Crippen molar-refractivity contribution in [2.75, 3.05) is 13.1 Å². The van der Waals surface area contributed by atoms with E-state index in [1.54, 1.807) is 0 Å². The highest BCUT2D eigenvalue weighted by Gasteiger charge is 2.27. The summed E-state index contributed by atoms with van der Waals surface area (Å²) in [5, 5.41) is 3.46. The van der Waals surface area contributed by atoms with E-state index in [0.29, 0.717) is 6.54 Å². The Morgan fingerprint density at radius 1 is 1.07 bits per heavy atom. The summed E-state index contributed by atoms with van der Waals surface area (Å²) in [6.07, 6.45) is 8.43.